The average molecular weight is 281 g/mol. The SMILES string of the molecule is CCCCC1=C(Cl)[C@H](CCC)O[P@@]1(=O)OCC. The predicted molar refractivity (Wildman–Crippen MR) is 71.4 cm³/mol. The first-order valence-electron chi connectivity index (χ1n) is 6.41. The number of hydrogen-bond acceptors (Lipinski definition) is 3. The third kappa shape index (κ3) is 3.57. The van der Waals surface area contributed by atoms with E-state index in [2.05, 4.69) is 13.8 Å². The molecule has 0 N–H and O–H groups in total. The Kier molecular flexibility index (Phi) is 6.22. The van der Waals surface area contributed by atoms with Gasteiger partial charge in [-0.3, -0.25) is 9.09 Å². The molecule has 0 radical (unpaired) electrons. The Hall–Kier alpha value is 0.180. The highest BCUT2D eigenvalue weighted by Gasteiger charge is 2.43. The molecule has 0 bridgehead atoms. The van der Waals surface area contributed by atoms with Crippen LogP contribution in [0.15, 0.2) is 10.3 Å². The van der Waals surface area contributed by atoms with Crippen molar-refractivity contribution in [3.05, 3.63) is 10.3 Å². The van der Waals surface area contributed by atoms with Crippen LogP contribution in [0.25, 0.3) is 0 Å². The van der Waals surface area contributed by atoms with Gasteiger partial charge in [-0.2, -0.15) is 0 Å². The summed E-state index contributed by atoms with van der Waals surface area (Å²) in [6.07, 6.45) is 4.24. The summed E-state index contributed by atoms with van der Waals surface area (Å²) in [5.41, 5.74) is 0. The quantitative estimate of drug-likeness (QED) is 0.612. The molecular weight excluding hydrogens is 259 g/mol. The van der Waals surface area contributed by atoms with Crippen molar-refractivity contribution in [3.8, 4) is 0 Å². The second kappa shape index (κ2) is 6.94. The Labute approximate surface area is 109 Å². The van der Waals surface area contributed by atoms with Gasteiger partial charge in [0, 0.05) is 0 Å². The summed E-state index contributed by atoms with van der Waals surface area (Å²) >= 11 is 6.28. The van der Waals surface area contributed by atoms with Crippen molar-refractivity contribution in [2.75, 3.05) is 6.61 Å². The lowest BCUT2D eigenvalue weighted by molar-refractivity contribution is 0.186. The predicted octanol–water partition coefficient (Wildman–Crippen LogP) is 5.06. The summed E-state index contributed by atoms with van der Waals surface area (Å²) in [4.78, 5) is 0. The minimum atomic E-state index is -3.10. The second-order valence-electron chi connectivity index (χ2n) is 4.20. The number of rotatable bonds is 7. The number of unbranched alkanes of at least 4 members (excludes halogenated alkanes) is 1. The first-order valence-corrected chi connectivity index (χ1v) is 8.33. The van der Waals surface area contributed by atoms with Crippen LogP contribution in [-0.2, 0) is 13.6 Å². The number of hydrogen-bond donors (Lipinski definition) is 0. The highest BCUT2D eigenvalue weighted by Crippen LogP contribution is 2.66. The average Bonchev–Trinajstić information content (AvgIpc) is 2.50. The molecule has 17 heavy (non-hydrogen) atoms. The van der Waals surface area contributed by atoms with E-state index in [9.17, 15) is 4.57 Å². The van der Waals surface area contributed by atoms with Crippen molar-refractivity contribution in [2.45, 2.75) is 59.0 Å². The van der Waals surface area contributed by atoms with E-state index in [0.29, 0.717) is 23.4 Å². The molecule has 0 aliphatic carbocycles. The Morgan fingerprint density at radius 1 is 1.35 bits per heavy atom. The molecule has 0 saturated heterocycles. The fourth-order valence-corrected chi connectivity index (χ4v) is 4.60. The molecular formula is C12H22ClO3P. The smallest absolute Gasteiger partial charge is 0.306 e. The third-order valence-electron chi connectivity index (χ3n) is 2.77. The summed E-state index contributed by atoms with van der Waals surface area (Å²) in [5, 5.41) is 1.33. The van der Waals surface area contributed by atoms with E-state index in [1.807, 2.05) is 6.92 Å². The molecule has 5 heteroatoms. The lowest BCUT2D eigenvalue weighted by Gasteiger charge is -2.15. The molecule has 0 aromatic rings. The molecule has 1 aliphatic rings. The van der Waals surface area contributed by atoms with E-state index in [1.54, 1.807) is 0 Å². The van der Waals surface area contributed by atoms with Crippen LogP contribution in [0.4, 0.5) is 0 Å². The van der Waals surface area contributed by atoms with Crippen molar-refractivity contribution in [1.82, 2.24) is 0 Å². The maximum absolute atomic E-state index is 12.6. The van der Waals surface area contributed by atoms with Gasteiger partial charge in [-0.25, -0.2) is 0 Å². The fraction of sp³-hybridized carbons (Fsp3) is 0.833. The van der Waals surface area contributed by atoms with Crippen molar-refractivity contribution < 1.29 is 13.6 Å². The normalized spacial score (nSPS) is 29.1. The van der Waals surface area contributed by atoms with Crippen LogP contribution in [0.3, 0.4) is 0 Å². The van der Waals surface area contributed by atoms with Crippen molar-refractivity contribution in [3.63, 3.8) is 0 Å². The van der Waals surface area contributed by atoms with Crippen LogP contribution in [0.5, 0.6) is 0 Å². The van der Waals surface area contributed by atoms with Gasteiger partial charge in [0.1, 0.15) is 6.10 Å². The number of allylic oxidation sites excluding steroid dienone is 1. The minimum absolute atomic E-state index is 0.231. The lowest BCUT2D eigenvalue weighted by Crippen LogP contribution is -2.05. The van der Waals surface area contributed by atoms with Gasteiger partial charge < -0.3 is 4.52 Å². The van der Waals surface area contributed by atoms with E-state index in [1.165, 1.54) is 0 Å². The Morgan fingerprint density at radius 2 is 2.06 bits per heavy atom. The fourth-order valence-electron chi connectivity index (χ4n) is 1.91. The van der Waals surface area contributed by atoms with Crippen LogP contribution in [0.1, 0.15) is 52.9 Å². The van der Waals surface area contributed by atoms with Gasteiger partial charge in [0.2, 0.25) is 0 Å². The van der Waals surface area contributed by atoms with E-state index < -0.39 is 7.60 Å². The Bertz CT molecular complexity index is 328. The van der Waals surface area contributed by atoms with Gasteiger partial charge in [0.15, 0.2) is 0 Å². The van der Waals surface area contributed by atoms with Gasteiger partial charge in [-0.15, -0.1) is 0 Å². The molecule has 1 rings (SSSR count). The molecule has 0 saturated carbocycles. The maximum atomic E-state index is 12.6. The minimum Gasteiger partial charge on any atom is -0.306 e. The van der Waals surface area contributed by atoms with E-state index in [4.69, 9.17) is 20.6 Å². The van der Waals surface area contributed by atoms with Crippen molar-refractivity contribution in [1.29, 1.82) is 0 Å². The molecule has 1 heterocycles. The van der Waals surface area contributed by atoms with E-state index >= 15 is 0 Å². The Morgan fingerprint density at radius 3 is 2.59 bits per heavy atom. The van der Waals surface area contributed by atoms with Crippen LogP contribution in [0.2, 0.25) is 0 Å². The number of halogens is 1. The highest BCUT2D eigenvalue weighted by molar-refractivity contribution is 7.59. The van der Waals surface area contributed by atoms with E-state index in [0.717, 1.165) is 25.7 Å². The van der Waals surface area contributed by atoms with Crippen LogP contribution in [0, 0.1) is 0 Å². The molecule has 0 unspecified atom stereocenters. The molecule has 0 aromatic carbocycles. The largest absolute Gasteiger partial charge is 0.359 e. The summed E-state index contributed by atoms with van der Waals surface area (Å²) in [6, 6.07) is 0. The standard InChI is InChI=1S/C12H22ClO3P/c1-4-7-9-11-12(13)10(8-5-2)16-17(11,14)15-6-3/h10H,4-9H2,1-3H3/t10-,17-/m0/s1. The zero-order valence-electron chi connectivity index (χ0n) is 10.9. The topological polar surface area (TPSA) is 35.5 Å². The van der Waals surface area contributed by atoms with Crippen molar-refractivity contribution in [2.24, 2.45) is 0 Å². The second-order valence-corrected chi connectivity index (χ2v) is 6.61. The van der Waals surface area contributed by atoms with Gasteiger partial charge in [-0.1, -0.05) is 38.3 Å². The summed E-state index contributed by atoms with van der Waals surface area (Å²) in [6.45, 7) is 6.36. The van der Waals surface area contributed by atoms with Gasteiger partial charge >= 0.3 is 7.60 Å². The molecule has 0 amide bonds. The van der Waals surface area contributed by atoms with Crippen LogP contribution < -0.4 is 0 Å². The zero-order valence-corrected chi connectivity index (χ0v) is 12.5. The molecule has 2 atom stereocenters. The van der Waals surface area contributed by atoms with Gasteiger partial charge in [0.25, 0.3) is 0 Å². The molecule has 3 nitrogen and oxygen atoms in total. The van der Waals surface area contributed by atoms with Gasteiger partial charge in [0.05, 0.1) is 17.0 Å². The summed E-state index contributed by atoms with van der Waals surface area (Å²) in [5.74, 6) is 0. The Balaban J connectivity index is 2.89. The lowest BCUT2D eigenvalue weighted by atomic mass is 10.1. The van der Waals surface area contributed by atoms with Crippen LogP contribution >= 0.6 is 19.2 Å². The molecule has 0 fully saturated rings. The molecule has 0 aromatic heterocycles. The molecule has 100 valence electrons. The summed E-state index contributed by atoms with van der Waals surface area (Å²) in [7, 11) is -3.10. The monoisotopic (exact) mass is 280 g/mol. The van der Waals surface area contributed by atoms with E-state index in [-0.39, 0.29) is 6.10 Å². The van der Waals surface area contributed by atoms with Gasteiger partial charge in [-0.05, 0) is 26.2 Å². The highest BCUT2D eigenvalue weighted by atomic mass is 35.5. The zero-order chi connectivity index (χ0) is 12.9. The van der Waals surface area contributed by atoms with Crippen molar-refractivity contribution >= 4 is 19.2 Å². The first-order chi connectivity index (χ1) is 8.09. The third-order valence-corrected chi connectivity index (χ3v) is 5.63. The maximum Gasteiger partial charge on any atom is 0.359 e. The molecule has 0 spiro atoms. The first kappa shape index (κ1) is 15.2. The van der Waals surface area contributed by atoms with Crippen LogP contribution in [-0.4, -0.2) is 12.7 Å². The summed E-state index contributed by atoms with van der Waals surface area (Å²) < 4.78 is 23.5. The molecule has 1 aliphatic heterocycles.